The summed E-state index contributed by atoms with van der Waals surface area (Å²) in [4.78, 5) is 14.3. The molecule has 1 saturated heterocycles. The third-order valence-electron chi connectivity index (χ3n) is 4.69. The fourth-order valence-corrected chi connectivity index (χ4v) is 3.67. The Morgan fingerprint density at radius 2 is 2.20 bits per heavy atom. The summed E-state index contributed by atoms with van der Waals surface area (Å²) in [7, 11) is 0. The summed E-state index contributed by atoms with van der Waals surface area (Å²) in [5.41, 5.74) is 2.11. The molecule has 138 valence electrons. The molecule has 5 heteroatoms. The highest BCUT2D eigenvalue weighted by atomic mass is 16.6. The average molecular weight is 346 g/mol. The van der Waals surface area contributed by atoms with Crippen LogP contribution < -0.4 is 15.0 Å². The SMILES string of the molecule is CCCC1Cc2c(cccc2N2CC[C@H](NC(=O)OC(C)(C)C)C2)O1. The molecule has 0 saturated carbocycles. The molecule has 0 bridgehead atoms. The van der Waals surface area contributed by atoms with Gasteiger partial charge in [-0.3, -0.25) is 0 Å². The van der Waals surface area contributed by atoms with Gasteiger partial charge in [-0.2, -0.15) is 0 Å². The van der Waals surface area contributed by atoms with Crippen LogP contribution in [0.3, 0.4) is 0 Å². The molecule has 1 amide bonds. The highest BCUT2D eigenvalue weighted by Crippen LogP contribution is 2.38. The first-order chi connectivity index (χ1) is 11.9. The van der Waals surface area contributed by atoms with Gasteiger partial charge in [0.15, 0.2) is 0 Å². The number of fused-ring (bicyclic) bond motifs is 1. The predicted molar refractivity (Wildman–Crippen MR) is 99.5 cm³/mol. The molecule has 1 aromatic rings. The van der Waals surface area contributed by atoms with Gasteiger partial charge in [-0.05, 0) is 45.7 Å². The predicted octanol–water partition coefficient (Wildman–Crippen LogP) is 3.89. The first kappa shape index (κ1) is 17.9. The zero-order chi connectivity index (χ0) is 18.0. The maximum Gasteiger partial charge on any atom is 0.407 e. The van der Waals surface area contributed by atoms with Crippen LogP contribution in [0.25, 0.3) is 0 Å². The second-order valence-electron chi connectivity index (χ2n) is 8.06. The zero-order valence-electron chi connectivity index (χ0n) is 15.8. The van der Waals surface area contributed by atoms with E-state index in [4.69, 9.17) is 9.47 Å². The topological polar surface area (TPSA) is 50.8 Å². The van der Waals surface area contributed by atoms with E-state index in [0.29, 0.717) is 6.10 Å². The van der Waals surface area contributed by atoms with Crippen LogP contribution in [-0.4, -0.2) is 36.9 Å². The van der Waals surface area contributed by atoms with Crippen LogP contribution in [0.5, 0.6) is 5.75 Å². The number of amides is 1. The summed E-state index contributed by atoms with van der Waals surface area (Å²) >= 11 is 0. The number of carbonyl (C=O) groups is 1. The molecule has 1 aromatic carbocycles. The van der Waals surface area contributed by atoms with Crippen molar-refractivity contribution in [3.8, 4) is 5.75 Å². The minimum atomic E-state index is -0.464. The molecule has 3 rings (SSSR count). The molecule has 0 spiro atoms. The maximum atomic E-state index is 12.0. The fraction of sp³-hybridized carbons (Fsp3) is 0.650. The van der Waals surface area contributed by atoms with Gasteiger partial charge in [0, 0.05) is 30.8 Å². The van der Waals surface area contributed by atoms with Crippen LogP contribution >= 0.6 is 0 Å². The lowest BCUT2D eigenvalue weighted by molar-refractivity contribution is 0.0509. The molecule has 2 aliphatic rings. The lowest BCUT2D eigenvalue weighted by Crippen LogP contribution is -2.40. The Labute approximate surface area is 150 Å². The molecule has 0 aromatic heterocycles. The number of hydrogen-bond donors (Lipinski definition) is 1. The van der Waals surface area contributed by atoms with Crippen molar-refractivity contribution in [1.29, 1.82) is 0 Å². The third-order valence-corrected chi connectivity index (χ3v) is 4.69. The molecule has 1 unspecified atom stereocenters. The number of rotatable bonds is 4. The number of benzene rings is 1. The highest BCUT2D eigenvalue weighted by Gasteiger charge is 2.31. The Morgan fingerprint density at radius 3 is 2.92 bits per heavy atom. The van der Waals surface area contributed by atoms with Crippen LogP contribution in [0.1, 0.15) is 52.5 Å². The summed E-state index contributed by atoms with van der Waals surface area (Å²) in [5, 5.41) is 3.00. The normalized spacial score (nSPS) is 22.5. The molecule has 25 heavy (non-hydrogen) atoms. The summed E-state index contributed by atoms with van der Waals surface area (Å²) < 4.78 is 11.4. The Balaban J connectivity index is 1.62. The maximum absolute atomic E-state index is 12.0. The van der Waals surface area contributed by atoms with Gasteiger partial charge in [0.05, 0.1) is 6.04 Å². The van der Waals surface area contributed by atoms with E-state index in [1.165, 1.54) is 11.3 Å². The quantitative estimate of drug-likeness (QED) is 0.898. The lowest BCUT2D eigenvalue weighted by atomic mass is 10.0. The zero-order valence-corrected chi connectivity index (χ0v) is 15.8. The minimum absolute atomic E-state index is 0.125. The van der Waals surface area contributed by atoms with Crippen molar-refractivity contribution in [1.82, 2.24) is 5.32 Å². The number of nitrogens with one attached hydrogen (secondary N) is 1. The number of ether oxygens (including phenoxy) is 2. The monoisotopic (exact) mass is 346 g/mol. The minimum Gasteiger partial charge on any atom is -0.490 e. The summed E-state index contributed by atoms with van der Waals surface area (Å²) in [5.74, 6) is 1.03. The Kier molecular flexibility index (Phi) is 5.11. The van der Waals surface area contributed by atoms with Gasteiger partial charge in [-0.25, -0.2) is 4.79 Å². The number of hydrogen-bond acceptors (Lipinski definition) is 4. The molecule has 0 aliphatic carbocycles. The van der Waals surface area contributed by atoms with Crippen LogP contribution in [0.2, 0.25) is 0 Å². The van der Waals surface area contributed by atoms with Crippen molar-refractivity contribution >= 4 is 11.8 Å². The van der Waals surface area contributed by atoms with Crippen molar-refractivity contribution in [3.63, 3.8) is 0 Å². The Hall–Kier alpha value is -1.91. The number of anilines is 1. The average Bonchev–Trinajstić information content (AvgIpc) is 3.11. The van der Waals surface area contributed by atoms with Gasteiger partial charge in [0.1, 0.15) is 17.5 Å². The Bertz CT molecular complexity index is 624. The van der Waals surface area contributed by atoms with Gasteiger partial charge in [0.2, 0.25) is 0 Å². The molecular weight excluding hydrogens is 316 g/mol. The highest BCUT2D eigenvalue weighted by molar-refractivity contribution is 5.69. The van der Waals surface area contributed by atoms with Gasteiger partial charge in [-0.1, -0.05) is 19.4 Å². The van der Waals surface area contributed by atoms with Crippen molar-refractivity contribution in [2.45, 2.75) is 71.1 Å². The standard InChI is InChI=1S/C20H30N2O3/c1-5-7-15-12-16-17(8-6-9-18(16)24-15)22-11-10-14(13-22)21-19(23)25-20(2,3)4/h6,8-9,14-15H,5,7,10-13H2,1-4H3,(H,21,23)/t14-,15?/m0/s1. The molecule has 1 fully saturated rings. The van der Waals surface area contributed by atoms with Crippen LogP contribution in [0, 0.1) is 0 Å². The lowest BCUT2D eigenvalue weighted by Gasteiger charge is -2.23. The van der Waals surface area contributed by atoms with Gasteiger partial charge in [0.25, 0.3) is 0 Å². The number of nitrogens with zero attached hydrogens (tertiary/aromatic N) is 1. The largest absolute Gasteiger partial charge is 0.490 e. The van der Waals surface area contributed by atoms with Crippen molar-refractivity contribution in [3.05, 3.63) is 23.8 Å². The van der Waals surface area contributed by atoms with Crippen LogP contribution in [0.15, 0.2) is 18.2 Å². The van der Waals surface area contributed by atoms with Crippen molar-refractivity contribution < 1.29 is 14.3 Å². The molecule has 5 nitrogen and oxygen atoms in total. The molecular formula is C20H30N2O3. The van der Waals surface area contributed by atoms with Crippen molar-refractivity contribution in [2.75, 3.05) is 18.0 Å². The molecule has 2 atom stereocenters. The van der Waals surface area contributed by atoms with Crippen LogP contribution in [0.4, 0.5) is 10.5 Å². The van der Waals surface area contributed by atoms with E-state index in [1.54, 1.807) is 0 Å². The van der Waals surface area contributed by atoms with Gasteiger partial charge in [-0.15, -0.1) is 0 Å². The second-order valence-corrected chi connectivity index (χ2v) is 8.06. The number of carbonyl (C=O) groups excluding carboxylic acids is 1. The van der Waals surface area contributed by atoms with E-state index in [2.05, 4.69) is 35.3 Å². The first-order valence-electron chi connectivity index (χ1n) is 9.38. The smallest absolute Gasteiger partial charge is 0.407 e. The van der Waals surface area contributed by atoms with E-state index in [-0.39, 0.29) is 12.1 Å². The Morgan fingerprint density at radius 1 is 1.40 bits per heavy atom. The van der Waals surface area contributed by atoms with Crippen LogP contribution in [-0.2, 0) is 11.2 Å². The van der Waals surface area contributed by atoms with Gasteiger partial charge >= 0.3 is 6.09 Å². The van der Waals surface area contributed by atoms with E-state index in [0.717, 1.165) is 44.5 Å². The first-order valence-corrected chi connectivity index (χ1v) is 9.38. The summed E-state index contributed by atoms with van der Waals surface area (Å²) in [6, 6.07) is 6.43. The van der Waals surface area contributed by atoms with Gasteiger partial charge < -0.3 is 19.7 Å². The van der Waals surface area contributed by atoms with Crippen molar-refractivity contribution in [2.24, 2.45) is 0 Å². The fourth-order valence-electron chi connectivity index (χ4n) is 3.67. The van der Waals surface area contributed by atoms with E-state index in [1.807, 2.05) is 20.8 Å². The number of alkyl carbamates (subject to hydrolysis) is 1. The molecule has 2 heterocycles. The second kappa shape index (κ2) is 7.14. The summed E-state index contributed by atoms with van der Waals surface area (Å²) in [6.45, 7) is 9.60. The summed E-state index contributed by atoms with van der Waals surface area (Å²) in [6.07, 6.45) is 4.13. The molecule has 1 N–H and O–H groups in total. The molecule has 2 aliphatic heterocycles. The van der Waals surface area contributed by atoms with E-state index in [9.17, 15) is 4.79 Å². The van der Waals surface area contributed by atoms with E-state index >= 15 is 0 Å². The molecule has 0 radical (unpaired) electrons. The van der Waals surface area contributed by atoms with E-state index < -0.39 is 5.60 Å². The third kappa shape index (κ3) is 4.39.